The second-order valence-electron chi connectivity index (χ2n) is 11.5. The number of carbonyl (C=O) groups is 2. The molecule has 2 aromatic carbocycles. The zero-order valence-corrected chi connectivity index (χ0v) is 23.7. The van der Waals surface area contributed by atoms with Crippen molar-refractivity contribution in [1.82, 2.24) is 15.1 Å². The highest BCUT2D eigenvalue weighted by Gasteiger charge is 2.40. The van der Waals surface area contributed by atoms with Crippen LogP contribution in [-0.2, 0) is 9.59 Å². The van der Waals surface area contributed by atoms with Crippen LogP contribution in [0, 0.1) is 11.3 Å². The fraction of sp³-hybridized carbons (Fsp3) is 0.533. The Morgan fingerprint density at radius 2 is 1.62 bits per heavy atom. The van der Waals surface area contributed by atoms with Gasteiger partial charge in [0, 0.05) is 38.5 Å². The highest BCUT2D eigenvalue weighted by Crippen LogP contribution is 2.36. The van der Waals surface area contributed by atoms with Crippen molar-refractivity contribution in [1.29, 1.82) is 0 Å². The Hall–Kier alpha value is -3.11. The van der Waals surface area contributed by atoms with Crippen molar-refractivity contribution in [3.8, 4) is 5.75 Å². The van der Waals surface area contributed by atoms with Crippen LogP contribution in [0.2, 0.25) is 0 Å². The smallest absolute Gasteiger partial charge is 0.406 e. The molecule has 0 aromatic heterocycles. The molecule has 220 valence electrons. The second-order valence-corrected chi connectivity index (χ2v) is 11.5. The van der Waals surface area contributed by atoms with Crippen LogP contribution in [0.1, 0.15) is 57.2 Å². The van der Waals surface area contributed by atoms with Crippen LogP contribution < -0.4 is 15.8 Å². The van der Waals surface area contributed by atoms with E-state index < -0.39 is 12.3 Å². The molecular weight excluding hydrogens is 521 g/mol. The summed E-state index contributed by atoms with van der Waals surface area (Å²) in [7, 11) is 1.83. The Morgan fingerprint density at radius 3 is 2.17 bits per heavy atom. The molecule has 1 fully saturated rings. The number of ether oxygens (including phenoxy) is 1. The standard InChI is InChI=1S/C30H41F3N4O3/c1-29(2,3)25-20-36(16-17-37(25)27(39)19-21(14-15-35-4)18-26(34)38)28(22-8-6-5-7-9-22)23-10-12-24(13-11-23)40-30(31,32)33/h5-13,21,25,28,35H,14-20H2,1-4H3,(H2,34,38). The molecule has 7 nitrogen and oxygen atoms in total. The second kappa shape index (κ2) is 13.5. The van der Waals surface area contributed by atoms with Crippen LogP contribution in [0.25, 0.3) is 0 Å². The number of alkyl halides is 3. The van der Waals surface area contributed by atoms with E-state index in [-0.39, 0.29) is 47.9 Å². The number of hydrogen-bond acceptors (Lipinski definition) is 5. The van der Waals surface area contributed by atoms with Gasteiger partial charge in [0.15, 0.2) is 0 Å². The number of rotatable bonds is 11. The molecule has 0 radical (unpaired) electrons. The molecule has 40 heavy (non-hydrogen) atoms. The van der Waals surface area contributed by atoms with Gasteiger partial charge in [-0.2, -0.15) is 0 Å². The van der Waals surface area contributed by atoms with E-state index in [0.717, 1.165) is 11.1 Å². The van der Waals surface area contributed by atoms with E-state index in [1.807, 2.05) is 42.3 Å². The van der Waals surface area contributed by atoms with Gasteiger partial charge in [-0.05, 0) is 54.6 Å². The van der Waals surface area contributed by atoms with Gasteiger partial charge in [-0.15, -0.1) is 13.2 Å². The van der Waals surface area contributed by atoms with Crippen molar-refractivity contribution >= 4 is 11.8 Å². The minimum Gasteiger partial charge on any atom is -0.406 e. The number of nitrogens with two attached hydrogens (primary N) is 1. The maximum Gasteiger partial charge on any atom is 0.573 e. The first-order valence-electron chi connectivity index (χ1n) is 13.7. The molecule has 1 heterocycles. The number of carbonyl (C=O) groups excluding carboxylic acids is 2. The van der Waals surface area contributed by atoms with Gasteiger partial charge in [-0.3, -0.25) is 14.5 Å². The van der Waals surface area contributed by atoms with Crippen molar-refractivity contribution in [3.05, 3.63) is 65.7 Å². The lowest BCUT2D eigenvalue weighted by atomic mass is 9.82. The van der Waals surface area contributed by atoms with E-state index in [1.165, 1.54) is 12.1 Å². The Morgan fingerprint density at radius 1 is 1.00 bits per heavy atom. The summed E-state index contributed by atoms with van der Waals surface area (Å²) in [6.45, 7) is 8.64. The van der Waals surface area contributed by atoms with E-state index in [2.05, 4.69) is 35.7 Å². The Balaban J connectivity index is 1.87. The lowest BCUT2D eigenvalue weighted by Gasteiger charge is -2.49. The summed E-state index contributed by atoms with van der Waals surface area (Å²) < 4.78 is 42.3. The summed E-state index contributed by atoms with van der Waals surface area (Å²) in [6.07, 6.45) is -3.67. The Bertz CT molecular complexity index is 1100. The third kappa shape index (κ3) is 8.96. The Labute approximate surface area is 234 Å². The molecule has 0 spiro atoms. The maximum atomic E-state index is 13.6. The quantitative estimate of drug-likeness (QED) is 0.414. The van der Waals surface area contributed by atoms with E-state index in [1.54, 1.807) is 12.1 Å². The fourth-order valence-corrected chi connectivity index (χ4v) is 5.45. The van der Waals surface area contributed by atoms with Crippen molar-refractivity contribution in [2.45, 2.75) is 58.5 Å². The van der Waals surface area contributed by atoms with Crippen molar-refractivity contribution in [2.75, 3.05) is 33.2 Å². The Kier molecular flexibility index (Phi) is 10.6. The number of amides is 2. The molecule has 1 aliphatic rings. The van der Waals surface area contributed by atoms with Gasteiger partial charge in [0.05, 0.1) is 6.04 Å². The minimum atomic E-state index is -4.76. The molecule has 0 aliphatic carbocycles. The van der Waals surface area contributed by atoms with Crippen molar-refractivity contribution in [3.63, 3.8) is 0 Å². The van der Waals surface area contributed by atoms with Crippen molar-refractivity contribution in [2.24, 2.45) is 17.1 Å². The normalized spacial score (nSPS) is 18.3. The van der Waals surface area contributed by atoms with Crippen LogP contribution in [0.4, 0.5) is 13.2 Å². The van der Waals surface area contributed by atoms with E-state index >= 15 is 0 Å². The van der Waals surface area contributed by atoms with Crippen LogP contribution >= 0.6 is 0 Å². The van der Waals surface area contributed by atoms with Gasteiger partial charge in [-0.25, -0.2) is 0 Å². The molecule has 2 amide bonds. The van der Waals surface area contributed by atoms with Gasteiger partial charge in [0.25, 0.3) is 0 Å². The molecule has 2 aromatic rings. The molecular formula is C30H41F3N4O3. The summed E-state index contributed by atoms with van der Waals surface area (Å²) in [5.74, 6) is -0.810. The molecule has 3 N–H and O–H groups in total. The largest absolute Gasteiger partial charge is 0.573 e. The molecule has 3 atom stereocenters. The number of benzene rings is 2. The number of piperazine rings is 1. The van der Waals surface area contributed by atoms with Gasteiger partial charge >= 0.3 is 6.36 Å². The van der Waals surface area contributed by atoms with Gasteiger partial charge in [0.2, 0.25) is 11.8 Å². The zero-order valence-electron chi connectivity index (χ0n) is 23.7. The molecule has 1 saturated heterocycles. The van der Waals surface area contributed by atoms with Crippen molar-refractivity contribution < 1.29 is 27.5 Å². The molecule has 0 bridgehead atoms. The summed E-state index contributed by atoms with van der Waals surface area (Å²) in [4.78, 5) is 29.5. The van der Waals surface area contributed by atoms with Gasteiger partial charge in [-0.1, -0.05) is 63.2 Å². The summed E-state index contributed by atoms with van der Waals surface area (Å²) in [6, 6.07) is 15.5. The highest BCUT2D eigenvalue weighted by molar-refractivity contribution is 5.79. The third-order valence-electron chi connectivity index (χ3n) is 7.40. The lowest BCUT2D eigenvalue weighted by molar-refractivity contribution is -0.274. The van der Waals surface area contributed by atoms with E-state index in [4.69, 9.17) is 5.73 Å². The van der Waals surface area contributed by atoms with Crippen LogP contribution in [0.3, 0.4) is 0 Å². The lowest BCUT2D eigenvalue weighted by Crippen LogP contribution is -2.60. The predicted octanol–water partition coefficient (Wildman–Crippen LogP) is 4.72. The summed E-state index contributed by atoms with van der Waals surface area (Å²) in [5, 5.41) is 3.07. The first-order chi connectivity index (χ1) is 18.8. The highest BCUT2D eigenvalue weighted by atomic mass is 19.4. The van der Waals surface area contributed by atoms with E-state index in [0.29, 0.717) is 32.6 Å². The summed E-state index contributed by atoms with van der Waals surface area (Å²) >= 11 is 0. The minimum absolute atomic E-state index is 0.00633. The van der Waals surface area contributed by atoms with Crippen LogP contribution in [-0.4, -0.2) is 67.2 Å². The maximum absolute atomic E-state index is 13.6. The molecule has 0 saturated carbocycles. The predicted molar refractivity (Wildman–Crippen MR) is 148 cm³/mol. The van der Waals surface area contributed by atoms with Gasteiger partial charge < -0.3 is 20.7 Å². The number of nitrogens with one attached hydrogen (secondary N) is 1. The number of nitrogens with zero attached hydrogens (tertiary/aromatic N) is 2. The number of primary amides is 1. The van der Waals surface area contributed by atoms with Crippen LogP contribution in [0.5, 0.6) is 5.75 Å². The molecule has 3 rings (SSSR count). The third-order valence-corrected chi connectivity index (χ3v) is 7.40. The number of hydrogen-bond donors (Lipinski definition) is 2. The first-order valence-corrected chi connectivity index (χ1v) is 13.7. The molecule has 3 unspecified atom stereocenters. The van der Waals surface area contributed by atoms with Gasteiger partial charge in [0.1, 0.15) is 5.75 Å². The average molecular weight is 563 g/mol. The molecule has 10 heteroatoms. The SMILES string of the molecule is CNCCC(CC(N)=O)CC(=O)N1CCN(C(c2ccccc2)c2ccc(OC(F)(F)F)cc2)CC1C(C)(C)C. The fourth-order valence-electron chi connectivity index (χ4n) is 5.45. The monoisotopic (exact) mass is 562 g/mol. The molecule has 1 aliphatic heterocycles. The first kappa shape index (κ1) is 31.4. The zero-order chi connectivity index (χ0) is 29.5. The van der Waals surface area contributed by atoms with Crippen LogP contribution in [0.15, 0.2) is 54.6 Å². The topological polar surface area (TPSA) is 87.9 Å². The number of halogens is 3. The van der Waals surface area contributed by atoms with E-state index in [9.17, 15) is 22.8 Å². The summed E-state index contributed by atoms with van der Waals surface area (Å²) in [5.41, 5.74) is 7.06. The average Bonchev–Trinajstić information content (AvgIpc) is 2.87.